The van der Waals surface area contributed by atoms with Gasteiger partial charge in [0, 0.05) is 124 Å². The van der Waals surface area contributed by atoms with Crippen LogP contribution in [0.25, 0.3) is 85.0 Å². The Morgan fingerprint density at radius 3 is 1.48 bits per heavy atom. The van der Waals surface area contributed by atoms with E-state index in [-0.39, 0.29) is 17.8 Å². The number of aliphatic hydroxyl groups excluding tert-OH is 7. The molecule has 118 heavy (non-hydrogen) atoms. The quantitative estimate of drug-likeness (QED) is 0.0324. The number of para-hydroxylation sites is 4. The van der Waals surface area contributed by atoms with E-state index < -0.39 is 5.41 Å². The third kappa shape index (κ3) is 30.8. The maximum atomic E-state index is 11.6. The number of rotatable bonds is 16. The maximum absolute atomic E-state index is 11.6. The SMILES string of the molecule is CCC(C)(C)C(=O)Oc1ccccc1.CCC(C)C(=O)Nc1ccccc1.CCC(C)c1ccc2c(c1)oc1ccccc12.CCC(C)c1ccc2ccoc2c1.CCC(C)c1ccc2sccc2c1.CCC(C)c1cccc2[nH]c3ccccc3c12.CCC(C)c1cccc2c1sc1ccccc12.CO.CO.CO.CO.CO.CO.CO. The van der Waals surface area contributed by atoms with Crippen molar-refractivity contribution in [2.24, 2.45) is 11.3 Å². The molecule has 6 atom stereocenters. The summed E-state index contributed by atoms with van der Waals surface area (Å²) in [4.78, 5) is 26.6. The number of esters is 1. The standard InChI is InChI=1S/C16H17N.C16H16O.C16H16S.C12H16O2.C12H14O.C12H14S.C11H15NO.7CH4O/c1-3-11(2)12-8-6-10-15-16(12)13-7-4-5-9-14(13)17-15;1-3-11(2)12-8-9-14-13-6-4-5-7-15(13)17-16(14)10-12;1-3-11(2)12-8-6-9-14-13-7-4-5-10-15(13)17-16(12)14;1-4-12(2,3)11(13)14-10-8-6-5-7-9-10;1-3-9(2)11-5-4-10-6-7-13-12(10)8-11;1-3-9(2)10-4-5-12-11(8-10)6-7-13-12;1-3-9(2)11(13)12-10-7-5-4-6-8-10;7*1-2/h4-11,17H,3H2,1-2H3;2*4-11H,3H2,1-2H3;5-9H,4H2,1-3H3;2*4-9H,3H2,1-2H3;4-9H,3H2,1-2H3,(H,12,13);7*2H,1H3. The summed E-state index contributed by atoms with van der Waals surface area (Å²) in [7, 11) is 7.00. The Morgan fingerprint density at radius 2 is 0.890 bits per heavy atom. The van der Waals surface area contributed by atoms with Gasteiger partial charge in [-0.05, 0) is 206 Å². The minimum atomic E-state index is -0.407. The highest BCUT2D eigenvalue weighted by atomic mass is 32.1. The Labute approximate surface area is 711 Å². The summed E-state index contributed by atoms with van der Waals surface area (Å²) in [5, 5.41) is 64.6. The predicted octanol–water partition coefficient (Wildman–Crippen LogP) is 26.8. The molecule has 15 rings (SSSR count). The molecular weight excluding hydrogens is 1510 g/mol. The molecule has 0 fully saturated rings. The van der Waals surface area contributed by atoms with E-state index in [1.165, 1.54) is 122 Å². The fourth-order valence-electron chi connectivity index (χ4n) is 12.1. The lowest BCUT2D eigenvalue weighted by Crippen LogP contribution is -2.28. The number of carbonyl (C=O) groups excluding carboxylic acids is 2. The highest BCUT2D eigenvalue weighted by molar-refractivity contribution is 7.26. The van der Waals surface area contributed by atoms with Crippen LogP contribution in [0.4, 0.5) is 5.69 Å². The van der Waals surface area contributed by atoms with Gasteiger partial charge in [-0.2, -0.15) is 0 Å². The molecule has 10 aromatic carbocycles. The van der Waals surface area contributed by atoms with E-state index in [0.29, 0.717) is 35.3 Å². The molecule has 0 bridgehead atoms. The topological polar surface area (TPSA) is 239 Å². The second kappa shape index (κ2) is 58.1. The molecule has 5 aromatic heterocycles. The largest absolute Gasteiger partial charge is 0.464 e. The van der Waals surface area contributed by atoms with Crippen LogP contribution >= 0.6 is 22.7 Å². The molecule has 1 amide bonds. The van der Waals surface area contributed by atoms with Crippen molar-refractivity contribution in [3.8, 4) is 5.75 Å². The van der Waals surface area contributed by atoms with Gasteiger partial charge in [-0.15, -0.1) is 22.7 Å². The lowest BCUT2D eigenvalue weighted by atomic mass is 9.91. The van der Waals surface area contributed by atoms with Gasteiger partial charge in [0.15, 0.2) is 0 Å². The molecule has 0 saturated heterocycles. The van der Waals surface area contributed by atoms with Crippen LogP contribution in [0.2, 0.25) is 0 Å². The number of anilines is 1. The number of fused-ring (bicyclic) bond motifs is 11. The van der Waals surface area contributed by atoms with Gasteiger partial charge < -0.3 is 59.6 Å². The van der Waals surface area contributed by atoms with Crippen LogP contribution in [0.3, 0.4) is 0 Å². The van der Waals surface area contributed by atoms with Gasteiger partial charge in [0.2, 0.25) is 5.91 Å². The summed E-state index contributed by atoms with van der Waals surface area (Å²) in [6, 6.07) is 81.5. The summed E-state index contributed by atoms with van der Waals surface area (Å²) in [6.45, 7) is 32.3. The van der Waals surface area contributed by atoms with E-state index in [9.17, 15) is 9.59 Å². The number of nitrogens with one attached hydrogen (secondary N) is 2. The molecule has 0 radical (unpaired) electrons. The zero-order valence-corrected chi connectivity index (χ0v) is 75.7. The molecule has 0 saturated carbocycles. The monoisotopic (exact) mass is 1640 g/mol. The van der Waals surface area contributed by atoms with Crippen molar-refractivity contribution >= 4 is 125 Å². The van der Waals surface area contributed by atoms with E-state index in [1.807, 2.05) is 124 Å². The third-order valence-corrected chi connectivity index (χ3v) is 22.8. The predicted molar refractivity (Wildman–Crippen MR) is 508 cm³/mol. The number of furan rings is 2. The van der Waals surface area contributed by atoms with Crippen LogP contribution in [0.1, 0.15) is 206 Å². The zero-order chi connectivity index (χ0) is 88.3. The van der Waals surface area contributed by atoms with Gasteiger partial charge >= 0.3 is 5.97 Å². The summed E-state index contributed by atoms with van der Waals surface area (Å²) in [5.74, 6) is 3.76. The van der Waals surface area contributed by atoms with E-state index in [1.54, 1.807) is 18.4 Å². The molecule has 14 nitrogen and oxygen atoms in total. The lowest BCUT2D eigenvalue weighted by Gasteiger charge is -2.19. The normalized spacial score (nSPS) is 11.7. The first-order valence-electron chi connectivity index (χ1n) is 40.8. The molecule has 15 aromatic rings. The van der Waals surface area contributed by atoms with Gasteiger partial charge in [0.05, 0.1) is 11.7 Å². The van der Waals surface area contributed by atoms with E-state index in [4.69, 9.17) is 49.3 Å². The molecule has 0 aliphatic rings. The Morgan fingerprint density at radius 1 is 0.415 bits per heavy atom. The van der Waals surface area contributed by atoms with Crippen molar-refractivity contribution in [1.29, 1.82) is 0 Å². The fraction of sp³-hybridized carbons (Fsp3) is 0.353. The number of ether oxygens (including phenoxy) is 1. The van der Waals surface area contributed by atoms with Crippen molar-refractivity contribution in [2.45, 2.75) is 178 Å². The van der Waals surface area contributed by atoms with Crippen molar-refractivity contribution in [2.75, 3.05) is 55.1 Å². The number of amides is 1. The van der Waals surface area contributed by atoms with Crippen LogP contribution < -0.4 is 10.1 Å². The molecule has 0 aliphatic carbocycles. The molecule has 5 heterocycles. The average Bonchev–Trinajstić information content (AvgIpc) is 1.63. The maximum Gasteiger partial charge on any atom is 0.316 e. The van der Waals surface area contributed by atoms with Crippen molar-refractivity contribution in [3.05, 3.63) is 276 Å². The van der Waals surface area contributed by atoms with Crippen LogP contribution in [0, 0.1) is 11.3 Å². The Hall–Kier alpha value is -9.82. The van der Waals surface area contributed by atoms with E-state index in [2.05, 4.69) is 243 Å². The van der Waals surface area contributed by atoms with Gasteiger partial charge in [0.1, 0.15) is 22.5 Å². The number of hydrogen-bond donors (Lipinski definition) is 9. The number of H-pyrrole nitrogens is 1. The first kappa shape index (κ1) is 104. The molecule has 0 aliphatic heterocycles. The molecule has 6 unspecified atom stereocenters. The van der Waals surface area contributed by atoms with E-state index in [0.717, 1.165) is 91.5 Å². The Kier molecular flexibility index (Phi) is 51.4. The zero-order valence-electron chi connectivity index (χ0n) is 74.1. The number of benzene rings is 10. The van der Waals surface area contributed by atoms with Crippen molar-refractivity contribution in [3.63, 3.8) is 0 Å². The first-order valence-corrected chi connectivity index (χ1v) is 42.5. The third-order valence-electron chi connectivity index (χ3n) is 20.7. The Bertz CT molecular complexity index is 5090. The summed E-state index contributed by atoms with van der Waals surface area (Å²) < 4.78 is 20.7. The number of carbonyl (C=O) groups is 2. The van der Waals surface area contributed by atoms with Crippen LogP contribution in [0.15, 0.2) is 257 Å². The van der Waals surface area contributed by atoms with E-state index >= 15 is 0 Å². The smallest absolute Gasteiger partial charge is 0.316 e. The molecule has 16 heteroatoms. The van der Waals surface area contributed by atoms with Crippen LogP contribution in [-0.4, -0.2) is 102 Å². The molecular formula is C102H136N2O12S2. The highest BCUT2D eigenvalue weighted by Gasteiger charge is 2.27. The minimum absolute atomic E-state index is 0.0835. The number of aromatic nitrogens is 1. The van der Waals surface area contributed by atoms with Gasteiger partial charge in [-0.3, -0.25) is 9.59 Å². The number of thiophene rings is 2. The average molecular weight is 1650 g/mol. The second-order valence-electron chi connectivity index (χ2n) is 28.2. The van der Waals surface area contributed by atoms with Gasteiger partial charge in [0.25, 0.3) is 0 Å². The van der Waals surface area contributed by atoms with Crippen LogP contribution in [-0.2, 0) is 9.59 Å². The van der Waals surface area contributed by atoms with Crippen LogP contribution in [0.5, 0.6) is 5.75 Å². The summed E-state index contributed by atoms with van der Waals surface area (Å²) in [5.41, 5.74) is 13.1. The number of aliphatic hydroxyl groups is 7. The van der Waals surface area contributed by atoms with Gasteiger partial charge in [-0.1, -0.05) is 248 Å². The fourth-order valence-corrected chi connectivity index (χ4v) is 14.2. The summed E-state index contributed by atoms with van der Waals surface area (Å²) in [6.07, 6.45) is 9.32. The van der Waals surface area contributed by atoms with Gasteiger partial charge in [-0.25, -0.2) is 0 Å². The minimum Gasteiger partial charge on any atom is -0.464 e. The Balaban J connectivity index is 0.000000456. The van der Waals surface area contributed by atoms with Crippen molar-refractivity contribution in [1.82, 2.24) is 4.98 Å². The highest BCUT2D eigenvalue weighted by Crippen LogP contribution is 2.40. The second-order valence-corrected chi connectivity index (χ2v) is 30.2. The first-order chi connectivity index (χ1) is 57.3. The lowest BCUT2D eigenvalue weighted by molar-refractivity contribution is -0.144. The molecule has 0 spiro atoms. The number of hydrogen-bond acceptors (Lipinski definition) is 14. The van der Waals surface area contributed by atoms with Crippen molar-refractivity contribution < 1.29 is 58.9 Å². The summed E-state index contributed by atoms with van der Waals surface area (Å²) >= 11 is 3.75. The molecule has 638 valence electrons. The molecule has 9 N–H and O–H groups in total. The number of aromatic amines is 1.